The van der Waals surface area contributed by atoms with Crippen LogP contribution >= 0.6 is 18.0 Å². The highest BCUT2D eigenvalue weighted by Crippen LogP contribution is 2.50. The van der Waals surface area contributed by atoms with Crippen LogP contribution < -0.4 is 9.96 Å². The summed E-state index contributed by atoms with van der Waals surface area (Å²) in [7, 11) is 0. The second-order valence-corrected chi connectivity index (χ2v) is 5.90. The fourth-order valence-corrected chi connectivity index (χ4v) is 2.69. The third-order valence-corrected chi connectivity index (χ3v) is 3.89. The molecule has 0 saturated heterocycles. The topological polar surface area (TPSA) is 42.1 Å². The zero-order valence-electron chi connectivity index (χ0n) is 7.76. The number of hydrogen-bond donors (Lipinski definition) is 1. The molecule has 0 aliphatic carbocycles. The van der Waals surface area contributed by atoms with Crippen LogP contribution in [0.4, 0.5) is 0 Å². The summed E-state index contributed by atoms with van der Waals surface area (Å²) >= 11 is 5.84. The summed E-state index contributed by atoms with van der Waals surface area (Å²) < 4.78 is 17.2. The van der Waals surface area contributed by atoms with E-state index in [1.807, 2.05) is 6.07 Å². The van der Waals surface area contributed by atoms with Crippen molar-refractivity contribution >= 4 is 23.4 Å². The Kier molecular flexibility index (Phi) is 2.85. The number of para-hydroxylation sites is 1. The highest BCUT2D eigenvalue weighted by molar-refractivity contribution is 7.91. The van der Waals surface area contributed by atoms with Crippen LogP contribution in [-0.2, 0) is 4.57 Å². The first-order chi connectivity index (χ1) is 7.18. The first kappa shape index (κ1) is 10.3. The Bertz CT molecular complexity index is 469. The molecule has 1 unspecified atom stereocenters. The first-order valence-electron chi connectivity index (χ1n) is 4.37. The van der Waals surface area contributed by atoms with Crippen molar-refractivity contribution in [3.8, 4) is 5.75 Å². The highest BCUT2D eigenvalue weighted by atomic mass is 35.7. The van der Waals surface area contributed by atoms with E-state index in [1.54, 1.807) is 42.6 Å². The number of nitrogens with one attached hydrogen (secondary N) is 1. The molecule has 1 atom stereocenters. The molecule has 0 aliphatic rings. The van der Waals surface area contributed by atoms with Gasteiger partial charge in [0, 0.05) is 6.20 Å². The average Bonchev–Trinajstić information content (AvgIpc) is 2.71. The van der Waals surface area contributed by atoms with E-state index in [1.165, 1.54) is 0 Å². The number of halogens is 1. The number of aromatic nitrogens is 1. The summed E-state index contributed by atoms with van der Waals surface area (Å²) in [5, 5.41) is 0. The Labute approximate surface area is 92.3 Å². The molecule has 3 nitrogen and oxygen atoms in total. The van der Waals surface area contributed by atoms with Crippen LogP contribution in [0.5, 0.6) is 5.75 Å². The van der Waals surface area contributed by atoms with Gasteiger partial charge in [0.05, 0.1) is 0 Å². The molecule has 2 rings (SSSR count). The molecule has 0 aliphatic heterocycles. The molecule has 5 heteroatoms. The van der Waals surface area contributed by atoms with Gasteiger partial charge < -0.3 is 9.51 Å². The molecule has 0 saturated carbocycles. The molecule has 0 amide bonds. The minimum Gasteiger partial charge on any atom is -0.429 e. The van der Waals surface area contributed by atoms with Crippen LogP contribution in [0.1, 0.15) is 0 Å². The van der Waals surface area contributed by atoms with Crippen molar-refractivity contribution in [3.63, 3.8) is 0 Å². The van der Waals surface area contributed by atoms with Crippen molar-refractivity contribution in [2.45, 2.75) is 0 Å². The van der Waals surface area contributed by atoms with Gasteiger partial charge in [-0.3, -0.25) is 4.57 Å². The van der Waals surface area contributed by atoms with E-state index in [0.29, 0.717) is 11.2 Å². The smallest absolute Gasteiger partial charge is 0.382 e. The average molecular weight is 242 g/mol. The Balaban J connectivity index is 2.23. The fourth-order valence-electron chi connectivity index (χ4n) is 1.15. The molecular formula is C10H9ClNO2P. The van der Waals surface area contributed by atoms with E-state index in [2.05, 4.69) is 4.98 Å². The van der Waals surface area contributed by atoms with Gasteiger partial charge in [-0.1, -0.05) is 18.2 Å². The largest absolute Gasteiger partial charge is 0.429 e. The highest BCUT2D eigenvalue weighted by Gasteiger charge is 2.25. The zero-order valence-corrected chi connectivity index (χ0v) is 9.41. The van der Waals surface area contributed by atoms with E-state index in [4.69, 9.17) is 15.8 Å². The normalized spacial score (nSPS) is 14.5. The van der Waals surface area contributed by atoms with Crippen molar-refractivity contribution in [1.82, 2.24) is 4.98 Å². The van der Waals surface area contributed by atoms with E-state index in [-0.39, 0.29) is 0 Å². The number of H-pyrrole nitrogens is 1. The summed E-state index contributed by atoms with van der Waals surface area (Å²) in [6.45, 7) is -3.30. The van der Waals surface area contributed by atoms with Crippen molar-refractivity contribution in [2.75, 3.05) is 0 Å². The molecule has 78 valence electrons. The molecule has 1 aromatic heterocycles. The van der Waals surface area contributed by atoms with Gasteiger partial charge in [0.15, 0.2) is 0 Å². The molecule has 0 radical (unpaired) electrons. The van der Waals surface area contributed by atoms with Crippen molar-refractivity contribution in [3.05, 3.63) is 48.7 Å². The van der Waals surface area contributed by atoms with Crippen molar-refractivity contribution < 1.29 is 9.09 Å². The quantitative estimate of drug-likeness (QED) is 0.839. The zero-order chi connectivity index (χ0) is 10.7. The summed E-state index contributed by atoms with van der Waals surface area (Å²) in [5.41, 5.74) is 0.396. The number of hydrogen-bond acceptors (Lipinski definition) is 2. The lowest BCUT2D eigenvalue weighted by Gasteiger charge is -2.10. The van der Waals surface area contributed by atoms with Crippen LogP contribution in [0, 0.1) is 0 Å². The summed E-state index contributed by atoms with van der Waals surface area (Å²) in [6, 6.07) is 12.2. The van der Waals surface area contributed by atoms with Gasteiger partial charge in [-0.05, 0) is 35.5 Å². The predicted octanol–water partition coefficient (Wildman–Crippen LogP) is 3.15. The second kappa shape index (κ2) is 4.13. The van der Waals surface area contributed by atoms with Gasteiger partial charge in [-0.25, -0.2) is 0 Å². The summed E-state index contributed by atoms with van der Waals surface area (Å²) in [4.78, 5) is 2.78. The van der Waals surface area contributed by atoms with Crippen LogP contribution in [0.3, 0.4) is 0 Å². The van der Waals surface area contributed by atoms with Gasteiger partial charge in [0.1, 0.15) is 11.2 Å². The summed E-state index contributed by atoms with van der Waals surface area (Å²) in [6.07, 6.45) is 1.65. The maximum absolute atomic E-state index is 12.0. The molecule has 1 aromatic carbocycles. The molecule has 1 heterocycles. The lowest BCUT2D eigenvalue weighted by molar-refractivity contribution is 0.507. The van der Waals surface area contributed by atoms with E-state index in [9.17, 15) is 4.57 Å². The summed E-state index contributed by atoms with van der Waals surface area (Å²) in [5.74, 6) is 0.491. The fraction of sp³-hybridized carbons (Fsp3) is 0. The maximum Gasteiger partial charge on any atom is 0.382 e. The Morgan fingerprint density at radius 3 is 2.47 bits per heavy atom. The van der Waals surface area contributed by atoms with Gasteiger partial charge in [-0.2, -0.15) is 0 Å². The van der Waals surface area contributed by atoms with E-state index in [0.717, 1.165) is 0 Å². The molecule has 0 fully saturated rings. The van der Waals surface area contributed by atoms with Crippen LogP contribution in [0.25, 0.3) is 0 Å². The van der Waals surface area contributed by atoms with Gasteiger partial charge in [0.25, 0.3) is 0 Å². The molecular weight excluding hydrogens is 233 g/mol. The minimum atomic E-state index is -3.30. The number of rotatable bonds is 3. The first-order valence-corrected chi connectivity index (χ1v) is 6.90. The third-order valence-electron chi connectivity index (χ3n) is 1.84. The molecule has 0 spiro atoms. The standard InChI is InChI=1S/C10H9ClNO2P/c11-15(13,10-7-4-8-12-10)14-9-5-2-1-3-6-9/h1-8,12H. The van der Waals surface area contributed by atoms with E-state index < -0.39 is 6.72 Å². The van der Waals surface area contributed by atoms with Crippen molar-refractivity contribution in [1.29, 1.82) is 0 Å². The maximum atomic E-state index is 12.0. The Hall–Kier alpha value is -1.18. The third kappa shape index (κ3) is 2.44. The number of aromatic amines is 1. The molecule has 0 bridgehead atoms. The lowest BCUT2D eigenvalue weighted by atomic mass is 10.3. The lowest BCUT2D eigenvalue weighted by Crippen LogP contribution is -2.05. The van der Waals surface area contributed by atoms with Crippen LogP contribution in [0.2, 0.25) is 0 Å². The predicted molar refractivity (Wildman–Crippen MR) is 61.0 cm³/mol. The second-order valence-electron chi connectivity index (χ2n) is 2.94. The van der Waals surface area contributed by atoms with Crippen LogP contribution in [0.15, 0.2) is 48.7 Å². The van der Waals surface area contributed by atoms with Gasteiger partial charge >= 0.3 is 6.72 Å². The van der Waals surface area contributed by atoms with Crippen molar-refractivity contribution in [2.24, 2.45) is 0 Å². The Morgan fingerprint density at radius 1 is 1.13 bits per heavy atom. The molecule has 15 heavy (non-hydrogen) atoms. The number of benzene rings is 1. The van der Waals surface area contributed by atoms with E-state index >= 15 is 0 Å². The molecule has 1 N–H and O–H groups in total. The minimum absolute atomic E-state index is 0.396. The van der Waals surface area contributed by atoms with Gasteiger partial charge in [-0.15, -0.1) is 0 Å². The monoisotopic (exact) mass is 241 g/mol. The molecule has 2 aromatic rings. The van der Waals surface area contributed by atoms with Crippen LogP contribution in [-0.4, -0.2) is 4.98 Å². The SMILES string of the molecule is O=P(Cl)(Oc1ccccc1)c1ccc[nH]1. The van der Waals surface area contributed by atoms with Gasteiger partial charge in [0.2, 0.25) is 0 Å². The Morgan fingerprint density at radius 2 is 1.87 bits per heavy atom.